The topological polar surface area (TPSA) is 65.6 Å². The Balaban J connectivity index is 1.33. The highest BCUT2D eigenvalue weighted by Crippen LogP contribution is 2.39. The Labute approximate surface area is 241 Å². The van der Waals surface area contributed by atoms with Gasteiger partial charge in [-0.25, -0.2) is 4.98 Å². The zero-order valence-corrected chi connectivity index (χ0v) is 24.7. The van der Waals surface area contributed by atoms with Crippen LogP contribution in [0, 0.1) is 0 Å². The van der Waals surface area contributed by atoms with E-state index in [1.807, 2.05) is 30.8 Å². The first-order valence-corrected chi connectivity index (χ1v) is 15.3. The number of hydrogen-bond acceptors (Lipinski definition) is 8. The first-order valence-electron chi connectivity index (χ1n) is 14.0. The van der Waals surface area contributed by atoms with Gasteiger partial charge in [-0.15, -0.1) is 11.8 Å². The first-order chi connectivity index (χ1) is 19.0. The summed E-state index contributed by atoms with van der Waals surface area (Å²) in [5.41, 5.74) is 3.01. The fourth-order valence-electron chi connectivity index (χ4n) is 5.28. The molecule has 2 N–H and O–H groups in total. The van der Waals surface area contributed by atoms with Gasteiger partial charge in [-0.3, -0.25) is 0 Å². The number of nitrogens with zero attached hydrogens (tertiary/aromatic N) is 4. The third kappa shape index (κ3) is 7.10. The predicted octanol–water partition coefficient (Wildman–Crippen LogP) is 7.58. The molecule has 3 aromatic rings. The maximum absolute atomic E-state index is 6.55. The normalized spacial score (nSPS) is 18.0. The zero-order valence-electron chi connectivity index (χ0n) is 23.1. The van der Waals surface area contributed by atoms with Crippen molar-refractivity contribution in [2.24, 2.45) is 0 Å². The lowest BCUT2D eigenvalue weighted by atomic mass is 10.0. The molecule has 9 heteroatoms. The van der Waals surface area contributed by atoms with Crippen molar-refractivity contribution in [3.63, 3.8) is 0 Å². The zero-order chi connectivity index (χ0) is 27.2. The van der Waals surface area contributed by atoms with Crippen molar-refractivity contribution in [2.45, 2.75) is 61.6 Å². The number of ether oxygens (including phenoxy) is 1. The van der Waals surface area contributed by atoms with Gasteiger partial charge in [0.15, 0.2) is 5.82 Å². The second-order valence-corrected chi connectivity index (χ2v) is 12.2. The fraction of sp³-hybridized carbons (Fsp3) is 0.467. The standard InChI is InChI=1S/C30H39ClN6OS/c1-4-38-27-18-21(37-17-16-22(20-37)36(2)3)14-15-25(27)34-30-32-19-24(31)29(35-30)33-26-12-8-9-13-28(26)39-23-10-6-5-7-11-23/h8-9,12-15,18-19,22-23H,4-7,10-11,16-17,20H2,1-3H3,(H2,32,33,34,35)/t22-/m1/s1. The van der Waals surface area contributed by atoms with E-state index in [4.69, 9.17) is 21.3 Å². The van der Waals surface area contributed by atoms with Gasteiger partial charge in [-0.1, -0.05) is 43.0 Å². The van der Waals surface area contributed by atoms with Gasteiger partial charge < -0.3 is 25.2 Å². The molecule has 7 nitrogen and oxygen atoms in total. The second kappa shape index (κ2) is 13.1. The van der Waals surface area contributed by atoms with Gasteiger partial charge in [0.25, 0.3) is 0 Å². The SMILES string of the molecule is CCOc1cc(N2CC[C@@H](N(C)C)C2)ccc1Nc1ncc(Cl)c(Nc2ccccc2SC2CCCCC2)n1. The molecule has 2 heterocycles. The Morgan fingerprint density at radius 2 is 1.87 bits per heavy atom. The van der Waals surface area contributed by atoms with E-state index in [1.54, 1.807) is 6.20 Å². The average molecular weight is 567 g/mol. The number of likely N-dealkylation sites (N-methyl/N-ethyl adjacent to an activating group) is 1. The van der Waals surface area contributed by atoms with Crippen LogP contribution in [0.4, 0.5) is 28.8 Å². The lowest BCUT2D eigenvalue weighted by Crippen LogP contribution is -2.31. The Morgan fingerprint density at radius 1 is 1.05 bits per heavy atom. The molecule has 2 aromatic carbocycles. The quantitative estimate of drug-likeness (QED) is 0.260. The van der Waals surface area contributed by atoms with Crippen LogP contribution in [0.1, 0.15) is 45.4 Å². The van der Waals surface area contributed by atoms with Crippen LogP contribution in [0.2, 0.25) is 5.02 Å². The van der Waals surface area contributed by atoms with E-state index in [1.165, 1.54) is 42.7 Å². The van der Waals surface area contributed by atoms with Gasteiger partial charge in [-0.2, -0.15) is 4.98 Å². The van der Waals surface area contributed by atoms with Crippen molar-refractivity contribution in [1.29, 1.82) is 0 Å². The van der Waals surface area contributed by atoms with Crippen molar-refractivity contribution in [1.82, 2.24) is 14.9 Å². The van der Waals surface area contributed by atoms with E-state index >= 15 is 0 Å². The lowest BCUT2D eigenvalue weighted by Gasteiger charge is -2.23. The van der Waals surface area contributed by atoms with Crippen molar-refractivity contribution < 1.29 is 4.74 Å². The molecule has 1 aliphatic carbocycles. The molecule has 39 heavy (non-hydrogen) atoms. The van der Waals surface area contributed by atoms with Crippen molar-refractivity contribution in [2.75, 3.05) is 49.3 Å². The summed E-state index contributed by atoms with van der Waals surface area (Å²) >= 11 is 8.50. The minimum atomic E-state index is 0.460. The number of nitrogens with one attached hydrogen (secondary N) is 2. The van der Waals surface area contributed by atoms with Crippen LogP contribution < -0.4 is 20.3 Å². The molecule has 2 aliphatic rings. The van der Waals surface area contributed by atoms with Gasteiger partial charge in [0, 0.05) is 41.0 Å². The van der Waals surface area contributed by atoms with Gasteiger partial charge in [0.2, 0.25) is 5.95 Å². The van der Waals surface area contributed by atoms with Crippen molar-refractivity contribution in [3.05, 3.63) is 53.7 Å². The molecule has 0 bridgehead atoms. The Morgan fingerprint density at radius 3 is 2.64 bits per heavy atom. The number of anilines is 5. The number of halogens is 1. The van der Waals surface area contributed by atoms with E-state index < -0.39 is 0 Å². The largest absolute Gasteiger partial charge is 0.492 e. The fourth-order valence-corrected chi connectivity index (χ4v) is 6.75. The summed E-state index contributed by atoms with van der Waals surface area (Å²) in [5, 5.41) is 7.96. The molecule has 0 unspecified atom stereocenters. The molecule has 1 saturated carbocycles. The summed E-state index contributed by atoms with van der Waals surface area (Å²) < 4.78 is 6.02. The van der Waals surface area contributed by atoms with Gasteiger partial charge in [0.05, 0.1) is 24.2 Å². The van der Waals surface area contributed by atoms with Gasteiger partial charge in [-0.05, 0) is 64.5 Å². The molecule has 1 aliphatic heterocycles. The summed E-state index contributed by atoms with van der Waals surface area (Å²) in [6.45, 7) is 4.62. The molecule has 2 fully saturated rings. The number of thioether (sulfide) groups is 1. The third-order valence-corrected chi connectivity index (χ3v) is 9.19. The molecule has 1 saturated heterocycles. The smallest absolute Gasteiger partial charge is 0.229 e. The second-order valence-electron chi connectivity index (χ2n) is 10.5. The molecule has 0 spiro atoms. The monoisotopic (exact) mass is 566 g/mol. The minimum absolute atomic E-state index is 0.460. The summed E-state index contributed by atoms with van der Waals surface area (Å²) in [7, 11) is 4.30. The maximum atomic E-state index is 6.55. The Bertz CT molecular complexity index is 1250. The van der Waals surface area contributed by atoms with Crippen LogP contribution in [0.3, 0.4) is 0 Å². The van der Waals surface area contributed by atoms with Crippen LogP contribution in [0.5, 0.6) is 5.75 Å². The molecule has 1 aromatic heterocycles. The number of aromatic nitrogens is 2. The average Bonchev–Trinajstić information content (AvgIpc) is 3.44. The lowest BCUT2D eigenvalue weighted by molar-refractivity contribution is 0.315. The summed E-state index contributed by atoms with van der Waals surface area (Å²) in [6.07, 6.45) is 9.33. The van der Waals surface area contributed by atoms with E-state index in [2.05, 4.69) is 69.8 Å². The number of para-hydroxylation sites is 1. The molecule has 0 radical (unpaired) electrons. The van der Waals surface area contributed by atoms with Crippen molar-refractivity contribution >= 4 is 52.2 Å². The first kappa shape index (κ1) is 27.9. The van der Waals surface area contributed by atoms with Crippen LogP contribution >= 0.6 is 23.4 Å². The summed E-state index contributed by atoms with van der Waals surface area (Å²) in [4.78, 5) is 15.1. The van der Waals surface area contributed by atoms with Crippen LogP contribution in [0.25, 0.3) is 0 Å². The highest BCUT2D eigenvalue weighted by Gasteiger charge is 2.25. The highest BCUT2D eigenvalue weighted by atomic mass is 35.5. The highest BCUT2D eigenvalue weighted by molar-refractivity contribution is 8.00. The Kier molecular flexibility index (Phi) is 9.37. The van der Waals surface area contributed by atoms with Crippen LogP contribution in [-0.2, 0) is 0 Å². The van der Waals surface area contributed by atoms with Crippen LogP contribution in [0.15, 0.2) is 53.6 Å². The maximum Gasteiger partial charge on any atom is 0.229 e. The minimum Gasteiger partial charge on any atom is -0.492 e. The number of benzene rings is 2. The summed E-state index contributed by atoms with van der Waals surface area (Å²) in [5.74, 6) is 1.82. The van der Waals surface area contributed by atoms with E-state index in [9.17, 15) is 0 Å². The van der Waals surface area contributed by atoms with E-state index in [0.717, 1.165) is 36.6 Å². The van der Waals surface area contributed by atoms with Crippen LogP contribution in [-0.4, -0.2) is 60.0 Å². The van der Waals surface area contributed by atoms with Gasteiger partial charge >= 0.3 is 0 Å². The molecule has 208 valence electrons. The number of hydrogen-bond donors (Lipinski definition) is 2. The molecule has 5 rings (SSSR count). The molecule has 0 amide bonds. The van der Waals surface area contributed by atoms with E-state index in [0.29, 0.717) is 34.7 Å². The Hall–Kier alpha value is -2.68. The van der Waals surface area contributed by atoms with Crippen molar-refractivity contribution in [3.8, 4) is 5.75 Å². The predicted molar refractivity (Wildman–Crippen MR) is 165 cm³/mol. The molecular formula is C30H39ClN6OS. The summed E-state index contributed by atoms with van der Waals surface area (Å²) in [6, 6.07) is 15.2. The number of rotatable bonds is 10. The third-order valence-electron chi connectivity index (χ3n) is 7.50. The van der Waals surface area contributed by atoms with Gasteiger partial charge in [0.1, 0.15) is 10.8 Å². The molecule has 1 atom stereocenters. The van der Waals surface area contributed by atoms with E-state index in [-0.39, 0.29) is 0 Å². The molecular weight excluding hydrogens is 528 g/mol.